The average molecular weight is 367 g/mol. The van der Waals surface area contributed by atoms with Crippen molar-refractivity contribution in [3.63, 3.8) is 0 Å². The van der Waals surface area contributed by atoms with Crippen molar-refractivity contribution < 1.29 is 17.4 Å². The number of halogens is 3. The highest BCUT2D eigenvalue weighted by Crippen LogP contribution is 2.32. The number of nitrogens with zero attached hydrogens (tertiary/aromatic N) is 2. The highest BCUT2D eigenvalue weighted by Gasteiger charge is 2.30. The normalized spacial score (nSPS) is 14.4. The molecule has 0 saturated heterocycles. The molecule has 0 radical (unpaired) electrons. The Balaban J connectivity index is 2.14. The van der Waals surface area contributed by atoms with Gasteiger partial charge in [0, 0.05) is 18.6 Å². The minimum Gasteiger partial charge on any atom is -0.348 e. The van der Waals surface area contributed by atoms with Gasteiger partial charge in [-0.2, -0.15) is 17.5 Å². The van der Waals surface area contributed by atoms with E-state index >= 15 is 0 Å². The van der Waals surface area contributed by atoms with E-state index in [1.54, 1.807) is 6.20 Å². The Morgan fingerprint density at radius 2 is 1.72 bits per heavy atom. The summed E-state index contributed by atoms with van der Waals surface area (Å²) in [4.78, 5) is 0.191. The van der Waals surface area contributed by atoms with Gasteiger partial charge < -0.3 is 4.57 Å². The summed E-state index contributed by atoms with van der Waals surface area (Å²) in [5, 5.41) is 0.819. The molecule has 1 heterocycles. The SMILES string of the molecule is CNS(=O)(=Nc1cn(C)c2ccccc12)c1ccc(C(F)(F)F)cc1. The van der Waals surface area contributed by atoms with E-state index in [-0.39, 0.29) is 4.90 Å². The molecule has 0 aliphatic rings. The first-order valence-corrected chi connectivity index (χ1v) is 8.93. The largest absolute Gasteiger partial charge is 0.416 e. The van der Waals surface area contributed by atoms with Crippen molar-refractivity contribution in [1.82, 2.24) is 9.29 Å². The molecule has 1 unspecified atom stereocenters. The van der Waals surface area contributed by atoms with E-state index in [0.29, 0.717) is 5.69 Å². The van der Waals surface area contributed by atoms with Gasteiger partial charge in [-0.1, -0.05) is 18.2 Å². The lowest BCUT2D eigenvalue weighted by atomic mass is 10.2. The molecule has 0 spiro atoms. The van der Waals surface area contributed by atoms with Crippen LogP contribution in [0.4, 0.5) is 18.9 Å². The van der Waals surface area contributed by atoms with Crippen LogP contribution in [-0.2, 0) is 23.1 Å². The lowest BCUT2D eigenvalue weighted by Gasteiger charge is -2.11. The van der Waals surface area contributed by atoms with Crippen molar-refractivity contribution in [3.05, 3.63) is 60.3 Å². The number of rotatable bonds is 3. The highest BCUT2D eigenvalue weighted by molar-refractivity contribution is 7.91. The molecule has 3 aromatic rings. The number of aryl methyl sites for hydroxylation is 1. The first-order chi connectivity index (χ1) is 11.7. The average Bonchev–Trinajstić information content (AvgIpc) is 2.90. The predicted molar refractivity (Wildman–Crippen MR) is 91.9 cm³/mol. The Morgan fingerprint density at radius 3 is 2.32 bits per heavy atom. The van der Waals surface area contributed by atoms with E-state index in [2.05, 4.69) is 9.08 Å². The second-order valence-electron chi connectivity index (χ2n) is 5.49. The van der Waals surface area contributed by atoms with Crippen LogP contribution < -0.4 is 4.72 Å². The van der Waals surface area contributed by atoms with Crippen molar-refractivity contribution in [2.24, 2.45) is 11.4 Å². The fourth-order valence-electron chi connectivity index (χ4n) is 2.58. The molecule has 4 nitrogen and oxygen atoms in total. The van der Waals surface area contributed by atoms with Crippen LogP contribution in [-0.4, -0.2) is 15.8 Å². The van der Waals surface area contributed by atoms with Gasteiger partial charge >= 0.3 is 6.18 Å². The van der Waals surface area contributed by atoms with Gasteiger partial charge in [-0.05, 0) is 37.4 Å². The maximum absolute atomic E-state index is 13.2. The molecule has 0 aliphatic heterocycles. The number of benzene rings is 2. The van der Waals surface area contributed by atoms with E-state index in [1.807, 2.05) is 35.9 Å². The molecule has 0 saturated carbocycles. The van der Waals surface area contributed by atoms with Crippen LogP contribution in [0.3, 0.4) is 0 Å². The first kappa shape index (κ1) is 17.5. The van der Waals surface area contributed by atoms with E-state index in [0.717, 1.165) is 23.0 Å². The molecular formula is C17H16F3N3OS. The summed E-state index contributed by atoms with van der Waals surface area (Å²) in [7, 11) is 0.210. The Kier molecular flexibility index (Phi) is 4.34. The second-order valence-corrected chi connectivity index (χ2v) is 7.60. The first-order valence-electron chi connectivity index (χ1n) is 7.41. The summed E-state index contributed by atoms with van der Waals surface area (Å²) >= 11 is 0. The van der Waals surface area contributed by atoms with E-state index < -0.39 is 21.7 Å². The zero-order chi connectivity index (χ0) is 18.2. The molecule has 1 aromatic heterocycles. The van der Waals surface area contributed by atoms with Crippen molar-refractivity contribution in [2.75, 3.05) is 7.05 Å². The summed E-state index contributed by atoms with van der Waals surface area (Å²) in [6, 6.07) is 11.7. The predicted octanol–water partition coefficient (Wildman–Crippen LogP) is 4.49. The summed E-state index contributed by atoms with van der Waals surface area (Å²) < 4.78 is 60.1. The summed E-state index contributed by atoms with van der Waals surface area (Å²) in [5.41, 5.74) is 0.642. The lowest BCUT2D eigenvalue weighted by Crippen LogP contribution is -2.18. The number of hydrogen-bond donors (Lipinski definition) is 1. The molecule has 0 amide bonds. The summed E-state index contributed by atoms with van der Waals surface area (Å²) in [5.74, 6) is 0. The zero-order valence-corrected chi connectivity index (χ0v) is 14.4. The van der Waals surface area contributed by atoms with Crippen molar-refractivity contribution in [1.29, 1.82) is 0 Å². The van der Waals surface area contributed by atoms with Crippen molar-refractivity contribution >= 4 is 26.5 Å². The number of para-hydroxylation sites is 1. The fourth-order valence-corrected chi connectivity index (χ4v) is 3.94. The highest BCUT2D eigenvalue weighted by atomic mass is 32.2. The van der Waals surface area contributed by atoms with Gasteiger partial charge in [0.05, 0.1) is 16.0 Å². The van der Waals surface area contributed by atoms with Crippen molar-refractivity contribution in [3.8, 4) is 0 Å². The van der Waals surface area contributed by atoms with Gasteiger partial charge in [0.2, 0.25) is 0 Å². The van der Waals surface area contributed by atoms with Gasteiger partial charge in [0.25, 0.3) is 0 Å². The number of alkyl halides is 3. The topological polar surface area (TPSA) is 46.4 Å². The number of hydrogen-bond acceptors (Lipinski definition) is 2. The van der Waals surface area contributed by atoms with Gasteiger partial charge in [-0.25, -0.2) is 8.93 Å². The number of aromatic nitrogens is 1. The Morgan fingerprint density at radius 1 is 1.08 bits per heavy atom. The van der Waals surface area contributed by atoms with Crippen LogP contribution >= 0.6 is 0 Å². The van der Waals surface area contributed by atoms with Gasteiger partial charge in [0.1, 0.15) is 15.6 Å². The van der Waals surface area contributed by atoms with E-state index in [1.165, 1.54) is 19.2 Å². The lowest BCUT2D eigenvalue weighted by molar-refractivity contribution is -0.137. The Labute approximate surface area is 143 Å². The Hall–Kier alpha value is -2.32. The minimum absolute atomic E-state index is 0.191. The monoisotopic (exact) mass is 367 g/mol. The third-order valence-electron chi connectivity index (χ3n) is 3.88. The molecule has 1 N–H and O–H groups in total. The maximum atomic E-state index is 13.2. The van der Waals surface area contributed by atoms with E-state index in [9.17, 15) is 17.4 Å². The minimum atomic E-state index is -4.44. The van der Waals surface area contributed by atoms with Crippen LogP contribution in [0, 0.1) is 0 Å². The second kappa shape index (κ2) is 6.20. The molecule has 25 heavy (non-hydrogen) atoms. The van der Waals surface area contributed by atoms with Crippen molar-refractivity contribution in [2.45, 2.75) is 11.1 Å². The zero-order valence-electron chi connectivity index (χ0n) is 13.5. The van der Waals surface area contributed by atoms with Crippen LogP contribution in [0.5, 0.6) is 0 Å². The van der Waals surface area contributed by atoms with Gasteiger partial charge in [-0.15, -0.1) is 0 Å². The summed E-state index contributed by atoms with van der Waals surface area (Å²) in [6.45, 7) is 0. The molecule has 8 heteroatoms. The molecule has 0 fully saturated rings. The van der Waals surface area contributed by atoms with Crippen LogP contribution in [0.15, 0.2) is 64.0 Å². The van der Waals surface area contributed by atoms with Gasteiger partial charge in [0.15, 0.2) is 0 Å². The molecule has 1 atom stereocenters. The standard InChI is InChI=1S/C17H16F3N3OS/c1-21-25(24,13-9-7-12(8-10-13)17(18,19)20)22-15-11-23(2)16-6-4-3-5-14(15)16/h3-11H,1-2H3,(H,21,22,24). The van der Waals surface area contributed by atoms with Gasteiger partial charge in [-0.3, -0.25) is 0 Å². The quantitative estimate of drug-likeness (QED) is 0.728. The number of fused-ring (bicyclic) bond motifs is 1. The third-order valence-corrected chi connectivity index (χ3v) is 5.80. The number of nitrogens with one attached hydrogen (secondary N) is 1. The molecule has 0 bridgehead atoms. The smallest absolute Gasteiger partial charge is 0.348 e. The van der Waals surface area contributed by atoms with E-state index in [4.69, 9.17) is 0 Å². The maximum Gasteiger partial charge on any atom is 0.416 e. The molecule has 2 aromatic carbocycles. The molecule has 132 valence electrons. The van der Waals surface area contributed by atoms with Crippen LogP contribution in [0.1, 0.15) is 5.56 Å². The third kappa shape index (κ3) is 3.27. The van der Waals surface area contributed by atoms with Crippen LogP contribution in [0.25, 0.3) is 10.9 Å². The molecule has 0 aliphatic carbocycles. The summed E-state index contributed by atoms with van der Waals surface area (Å²) in [6.07, 6.45) is -2.70. The molecule has 3 rings (SSSR count). The van der Waals surface area contributed by atoms with Crippen LogP contribution in [0.2, 0.25) is 0 Å². The molecular weight excluding hydrogens is 351 g/mol. The Bertz CT molecular complexity index is 1030. The fraction of sp³-hybridized carbons (Fsp3) is 0.176.